The van der Waals surface area contributed by atoms with E-state index in [-0.39, 0.29) is 0 Å². The molecule has 1 aliphatic carbocycles. The molecule has 0 saturated carbocycles. The summed E-state index contributed by atoms with van der Waals surface area (Å²) in [6.45, 7) is 0. The van der Waals surface area contributed by atoms with Crippen LogP contribution in [0, 0.1) is 11.3 Å². The maximum absolute atomic E-state index is 12.5. The number of hydrogen-bond donors (Lipinski definition) is 0. The first-order chi connectivity index (χ1) is 13.3. The number of esters is 4. The van der Waals surface area contributed by atoms with Gasteiger partial charge in [-0.2, -0.15) is 0 Å². The molecule has 1 aromatic carbocycles. The molecule has 1 aliphatic rings. The second kappa shape index (κ2) is 8.51. The van der Waals surface area contributed by atoms with E-state index in [1.807, 2.05) is 0 Å². The van der Waals surface area contributed by atoms with Gasteiger partial charge in [0.2, 0.25) is 0 Å². The maximum atomic E-state index is 12.5. The van der Waals surface area contributed by atoms with E-state index in [9.17, 15) is 19.2 Å². The Kier molecular flexibility index (Phi) is 6.35. The topological polar surface area (TPSA) is 105 Å². The molecule has 8 nitrogen and oxygen atoms in total. The highest BCUT2D eigenvalue weighted by molar-refractivity contribution is 6.08. The minimum Gasteiger partial charge on any atom is -0.469 e. The highest BCUT2D eigenvalue weighted by Gasteiger charge is 2.56. The number of methoxy groups -OCH3 is 4. The zero-order chi connectivity index (χ0) is 20.9. The van der Waals surface area contributed by atoms with Crippen LogP contribution in [0.15, 0.2) is 42.5 Å². The van der Waals surface area contributed by atoms with Crippen molar-refractivity contribution in [2.75, 3.05) is 28.4 Å². The van der Waals surface area contributed by atoms with Crippen LogP contribution in [0.2, 0.25) is 0 Å². The Bertz CT molecular complexity index is 849. The van der Waals surface area contributed by atoms with Gasteiger partial charge in [-0.05, 0) is 23.3 Å². The van der Waals surface area contributed by atoms with Gasteiger partial charge in [0.1, 0.15) is 5.92 Å². The zero-order valence-electron chi connectivity index (χ0n) is 15.9. The highest BCUT2D eigenvalue weighted by atomic mass is 16.6. The maximum Gasteiger partial charge on any atom is 0.337 e. The number of allylic oxidation sites excluding steroid dienone is 2. The molecule has 148 valence electrons. The molecular formula is C20H20O8. The lowest BCUT2D eigenvalue weighted by Crippen LogP contribution is -2.49. The summed E-state index contributed by atoms with van der Waals surface area (Å²) in [5.41, 5.74) is -0.622. The lowest BCUT2D eigenvalue weighted by molar-refractivity contribution is -0.173. The molecule has 8 heteroatoms. The molecule has 0 aliphatic heterocycles. The van der Waals surface area contributed by atoms with E-state index in [4.69, 9.17) is 18.9 Å². The molecule has 2 rings (SSSR count). The van der Waals surface area contributed by atoms with E-state index in [2.05, 4.69) is 0 Å². The van der Waals surface area contributed by atoms with Crippen molar-refractivity contribution in [3.8, 4) is 0 Å². The van der Waals surface area contributed by atoms with Crippen LogP contribution in [-0.4, -0.2) is 52.3 Å². The molecule has 0 amide bonds. The molecule has 28 heavy (non-hydrogen) atoms. The second-order valence-corrected chi connectivity index (χ2v) is 5.88. The quantitative estimate of drug-likeness (QED) is 0.425. The summed E-state index contributed by atoms with van der Waals surface area (Å²) in [5, 5.41) is 0. The summed E-state index contributed by atoms with van der Waals surface area (Å²) in [6, 6.07) is 6.50. The van der Waals surface area contributed by atoms with Gasteiger partial charge in [0.05, 0.1) is 34.0 Å². The number of rotatable bonds is 5. The van der Waals surface area contributed by atoms with Crippen molar-refractivity contribution in [3.05, 3.63) is 53.6 Å². The van der Waals surface area contributed by atoms with E-state index in [1.165, 1.54) is 25.3 Å². The van der Waals surface area contributed by atoms with Gasteiger partial charge in [-0.3, -0.25) is 14.4 Å². The first kappa shape index (κ1) is 20.9. The van der Waals surface area contributed by atoms with Gasteiger partial charge in [-0.15, -0.1) is 0 Å². The van der Waals surface area contributed by atoms with Crippen LogP contribution in [0.4, 0.5) is 0 Å². The third-order valence-electron chi connectivity index (χ3n) is 4.48. The van der Waals surface area contributed by atoms with Crippen LogP contribution < -0.4 is 0 Å². The Morgan fingerprint density at radius 1 is 0.893 bits per heavy atom. The average Bonchev–Trinajstić information content (AvgIpc) is 2.76. The van der Waals surface area contributed by atoms with Crippen molar-refractivity contribution in [3.63, 3.8) is 0 Å². The highest BCUT2D eigenvalue weighted by Crippen LogP contribution is 2.41. The normalized spacial score (nSPS) is 17.1. The molecular weight excluding hydrogens is 368 g/mol. The molecule has 0 aromatic heterocycles. The fraction of sp³-hybridized carbons (Fsp3) is 0.300. The Labute approximate surface area is 161 Å². The monoisotopic (exact) mass is 388 g/mol. The molecule has 0 bridgehead atoms. The molecule has 1 atom stereocenters. The van der Waals surface area contributed by atoms with Gasteiger partial charge in [-0.1, -0.05) is 30.4 Å². The Morgan fingerprint density at radius 3 is 2.07 bits per heavy atom. The number of hydrogen-bond acceptors (Lipinski definition) is 8. The SMILES string of the molecule is COC(=O)c1cccc(C2=CC(C(=O)OC)C(C(=O)OC)(C(=O)OC)C=C2)c1. The predicted molar refractivity (Wildman–Crippen MR) is 96.9 cm³/mol. The molecule has 0 radical (unpaired) electrons. The second-order valence-electron chi connectivity index (χ2n) is 5.88. The van der Waals surface area contributed by atoms with Crippen molar-refractivity contribution < 1.29 is 38.1 Å². The van der Waals surface area contributed by atoms with E-state index in [1.54, 1.807) is 24.3 Å². The summed E-state index contributed by atoms with van der Waals surface area (Å²) in [7, 11) is 4.62. The van der Waals surface area contributed by atoms with Gasteiger partial charge in [0.25, 0.3) is 0 Å². The first-order valence-electron chi connectivity index (χ1n) is 8.20. The number of carbonyl (C=O) groups excluding carboxylic acids is 4. The molecule has 0 saturated heterocycles. The van der Waals surface area contributed by atoms with E-state index in [0.717, 1.165) is 21.3 Å². The van der Waals surface area contributed by atoms with Crippen LogP contribution >= 0.6 is 0 Å². The lowest BCUT2D eigenvalue weighted by Gasteiger charge is -2.32. The van der Waals surface area contributed by atoms with Crippen molar-refractivity contribution in [2.24, 2.45) is 11.3 Å². The smallest absolute Gasteiger partial charge is 0.337 e. The predicted octanol–water partition coefficient (Wildman–Crippen LogP) is 1.55. The van der Waals surface area contributed by atoms with Crippen LogP contribution in [0.1, 0.15) is 15.9 Å². The summed E-state index contributed by atoms with van der Waals surface area (Å²) in [6.07, 6.45) is 4.16. The molecule has 0 heterocycles. The minimum atomic E-state index is -2.01. The Balaban J connectivity index is 2.60. The number of ether oxygens (including phenoxy) is 4. The first-order valence-corrected chi connectivity index (χ1v) is 8.20. The van der Waals surface area contributed by atoms with Crippen LogP contribution in [0.5, 0.6) is 0 Å². The standard InChI is InChI=1S/C20H20O8/c1-25-16(21)14-7-5-6-12(10-14)13-8-9-20(18(23)27-3,19(24)28-4)15(11-13)17(22)26-2/h5-11,15H,1-4H3. The number of carbonyl (C=O) groups is 4. The van der Waals surface area contributed by atoms with Gasteiger partial charge >= 0.3 is 23.9 Å². The zero-order valence-corrected chi connectivity index (χ0v) is 15.9. The summed E-state index contributed by atoms with van der Waals surface area (Å²) >= 11 is 0. The van der Waals surface area contributed by atoms with E-state index < -0.39 is 35.2 Å². The van der Waals surface area contributed by atoms with Gasteiger partial charge in [-0.25, -0.2) is 4.79 Å². The van der Waals surface area contributed by atoms with Crippen LogP contribution in [0.25, 0.3) is 5.57 Å². The molecule has 1 unspecified atom stereocenters. The molecule has 1 aromatic rings. The van der Waals surface area contributed by atoms with Gasteiger partial charge in [0, 0.05) is 0 Å². The van der Waals surface area contributed by atoms with Gasteiger partial charge < -0.3 is 18.9 Å². The fourth-order valence-corrected chi connectivity index (χ4v) is 3.02. The Morgan fingerprint density at radius 2 is 1.54 bits per heavy atom. The van der Waals surface area contributed by atoms with E-state index >= 15 is 0 Å². The van der Waals surface area contributed by atoms with Crippen molar-refractivity contribution in [1.82, 2.24) is 0 Å². The largest absolute Gasteiger partial charge is 0.469 e. The molecule has 0 N–H and O–H groups in total. The third-order valence-corrected chi connectivity index (χ3v) is 4.48. The van der Waals surface area contributed by atoms with Gasteiger partial charge in [0.15, 0.2) is 5.41 Å². The van der Waals surface area contributed by atoms with Crippen LogP contribution in [-0.2, 0) is 33.3 Å². The molecule has 0 spiro atoms. The third kappa shape index (κ3) is 3.53. The fourth-order valence-electron chi connectivity index (χ4n) is 3.02. The van der Waals surface area contributed by atoms with Crippen molar-refractivity contribution in [1.29, 1.82) is 0 Å². The molecule has 0 fully saturated rings. The van der Waals surface area contributed by atoms with Crippen LogP contribution in [0.3, 0.4) is 0 Å². The summed E-state index contributed by atoms with van der Waals surface area (Å²) < 4.78 is 19.0. The minimum absolute atomic E-state index is 0.307. The van der Waals surface area contributed by atoms with E-state index in [0.29, 0.717) is 16.7 Å². The van der Waals surface area contributed by atoms with Crippen molar-refractivity contribution in [2.45, 2.75) is 0 Å². The summed E-state index contributed by atoms with van der Waals surface area (Å²) in [5.74, 6) is -4.57. The lowest BCUT2D eigenvalue weighted by atomic mass is 9.70. The average molecular weight is 388 g/mol. The van der Waals surface area contributed by atoms with Crippen molar-refractivity contribution >= 4 is 29.5 Å². The Hall–Kier alpha value is -3.42. The number of benzene rings is 1. The summed E-state index contributed by atoms with van der Waals surface area (Å²) in [4.78, 5) is 49.1.